The van der Waals surface area contributed by atoms with E-state index in [0.717, 1.165) is 17.2 Å². The molecule has 0 aliphatic carbocycles. The van der Waals surface area contributed by atoms with Gasteiger partial charge in [0, 0.05) is 25.1 Å². The molecule has 3 aromatic rings. The van der Waals surface area contributed by atoms with E-state index < -0.39 is 12.1 Å². The van der Waals surface area contributed by atoms with Gasteiger partial charge in [-0.25, -0.2) is 9.78 Å². The number of amides is 1. The van der Waals surface area contributed by atoms with Crippen molar-refractivity contribution in [1.82, 2.24) is 24.8 Å². The second kappa shape index (κ2) is 8.67. The van der Waals surface area contributed by atoms with Crippen molar-refractivity contribution >= 4 is 22.9 Å². The molecule has 0 spiro atoms. The molecular weight excluding hydrogens is 391 g/mol. The van der Waals surface area contributed by atoms with Crippen LogP contribution in [0.2, 0.25) is 0 Å². The maximum atomic E-state index is 12.4. The highest BCUT2D eigenvalue weighted by molar-refractivity contribution is 6.04. The standard InChI is InChI=1S/C16H17N5O.C2HF3O2/c1-10-11(2)21(3)14(20-10)9-19-16(22)12-5-4-6-13-15(12)18-8-7-17-13;3-2(4,5)1(6)7/h4-8H,9H2,1-3H3,(H,19,22);(H,6,7). The van der Waals surface area contributed by atoms with Crippen molar-refractivity contribution in [3.63, 3.8) is 0 Å². The minimum absolute atomic E-state index is 0.176. The molecule has 8 nitrogen and oxygen atoms in total. The molecule has 0 atom stereocenters. The Labute approximate surface area is 163 Å². The molecule has 0 aliphatic heterocycles. The summed E-state index contributed by atoms with van der Waals surface area (Å²) < 4.78 is 33.7. The number of halogens is 3. The van der Waals surface area contributed by atoms with Gasteiger partial charge in [-0.1, -0.05) is 6.07 Å². The number of carbonyl (C=O) groups excluding carboxylic acids is 1. The number of hydrogen-bond donors (Lipinski definition) is 2. The third-order valence-electron chi connectivity index (χ3n) is 4.10. The number of aryl methyl sites for hydroxylation is 1. The van der Waals surface area contributed by atoms with Crippen LogP contribution in [0.1, 0.15) is 27.6 Å². The van der Waals surface area contributed by atoms with Crippen molar-refractivity contribution < 1.29 is 27.9 Å². The first-order chi connectivity index (χ1) is 13.5. The number of fused-ring (bicyclic) bond motifs is 1. The molecule has 0 fully saturated rings. The van der Waals surface area contributed by atoms with Crippen molar-refractivity contribution in [3.8, 4) is 0 Å². The van der Waals surface area contributed by atoms with Gasteiger partial charge in [-0.15, -0.1) is 0 Å². The molecule has 3 rings (SSSR count). The van der Waals surface area contributed by atoms with E-state index in [1.54, 1.807) is 24.5 Å². The van der Waals surface area contributed by atoms with Crippen molar-refractivity contribution in [3.05, 3.63) is 53.4 Å². The number of alkyl halides is 3. The van der Waals surface area contributed by atoms with Crippen LogP contribution >= 0.6 is 0 Å². The van der Waals surface area contributed by atoms with Crippen molar-refractivity contribution in [2.45, 2.75) is 26.6 Å². The van der Waals surface area contributed by atoms with E-state index in [9.17, 15) is 18.0 Å². The minimum atomic E-state index is -5.08. The molecule has 0 radical (unpaired) electrons. The number of para-hydroxylation sites is 1. The van der Waals surface area contributed by atoms with Crippen LogP contribution in [0.4, 0.5) is 13.2 Å². The highest BCUT2D eigenvalue weighted by Gasteiger charge is 2.38. The van der Waals surface area contributed by atoms with Crippen LogP contribution in [-0.2, 0) is 18.4 Å². The van der Waals surface area contributed by atoms with Crippen LogP contribution < -0.4 is 5.32 Å². The van der Waals surface area contributed by atoms with Gasteiger partial charge < -0.3 is 15.0 Å². The van der Waals surface area contributed by atoms with E-state index in [2.05, 4.69) is 20.3 Å². The number of carboxylic acid groups (broad SMARTS) is 1. The molecule has 0 unspecified atom stereocenters. The van der Waals surface area contributed by atoms with Gasteiger partial charge in [0.2, 0.25) is 0 Å². The lowest BCUT2D eigenvalue weighted by atomic mass is 10.1. The van der Waals surface area contributed by atoms with Crippen LogP contribution in [0.3, 0.4) is 0 Å². The first-order valence-corrected chi connectivity index (χ1v) is 8.29. The third-order valence-corrected chi connectivity index (χ3v) is 4.10. The van der Waals surface area contributed by atoms with E-state index in [-0.39, 0.29) is 5.91 Å². The summed E-state index contributed by atoms with van der Waals surface area (Å²) in [5.74, 6) is -2.11. The minimum Gasteiger partial charge on any atom is -0.475 e. The molecule has 2 N–H and O–H groups in total. The van der Waals surface area contributed by atoms with Crippen molar-refractivity contribution in [2.24, 2.45) is 7.05 Å². The number of nitrogens with one attached hydrogen (secondary N) is 1. The first kappa shape index (κ1) is 21.8. The SMILES string of the molecule is Cc1nc(CNC(=O)c2cccc3nccnc23)n(C)c1C.O=C(O)C(F)(F)F. The molecule has 29 heavy (non-hydrogen) atoms. The summed E-state index contributed by atoms with van der Waals surface area (Å²) in [5.41, 5.74) is 3.91. The quantitative estimate of drug-likeness (QED) is 0.688. The van der Waals surface area contributed by atoms with Crippen molar-refractivity contribution in [1.29, 1.82) is 0 Å². The zero-order chi connectivity index (χ0) is 21.8. The Morgan fingerprint density at radius 2 is 1.79 bits per heavy atom. The molecule has 11 heteroatoms. The molecule has 0 saturated carbocycles. The van der Waals surface area contributed by atoms with Crippen molar-refractivity contribution in [2.75, 3.05) is 0 Å². The number of carboxylic acids is 1. The fourth-order valence-electron chi connectivity index (χ4n) is 2.37. The molecule has 2 heterocycles. The average Bonchev–Trinajstić information content (AvgIpc) is 2.92. The van der Waals surface area contributed by atoms with E-state index in [1.165, 1.54) is 0 Å². The van der Waals surface area contributed by atoms with E-state index in [0.29, 0.717) is 23.1 Å². The Morgan fingerprint density at radius 1 is 1.17 bits per heavy atom. The summed E-state index contributed by atoms with van der Waals surface area (Å²) in [5, 5.41) is 10.0. The van der Waals surface area contributed by atoms with E-state index in [1.807, 2.05) is 31.5 Å². The first-order valence-electron chi connectivity index (χ1n) is 8.29. The highest BCUT2D eigenvalue weighted by atomic mass is 19.4. The predicted octanol–water partition coefficient (Wildman–Crippen LogP) is 2.54. The van der Waals surface area contributed by atoms with Gasteiger partial charge in [0.05, 0.1) is 23.3 Å². The van der Waals surface area contributed by atoms with Crippen LogP contribution in [0.25, 0.3) is 11.0 Å². The zero-order valence-corrected chi connectivity index (χ0v) is 15.8. The number of aromatic nitrogens is 4. The fourth-order valence-corrected chi connectivity index (χ4v) is 2.37. The summed E-state index contributed by atoms with van der Waals surface area (Å²) in [6.07, 6.45) is -1.88. The Bertz CT molecular complexity index is 1040. The summed E-state index contributed by atoms with van der Waals surface area (Å²) in [6.45, 7) is 4.34. The van der Waals surface area contributed by atoms with Crippen LogP contribution in [0.5, 0.6) is 0 Å². The van der Waals surface area contributed by atoms with E-state index in [4.69, 9.17) is 9.90 Å². The van der Waals surface area contributed by atoms with Gasteiger partial charge in [-0.2, -0.15) is 13.2 Å². The Kier molecular flexibility index (Phi) is 6.52. The average molecular weight is 409 g/mol. The van der Waals surface area contributed by atoms with Gasteiger partial charge >= 0.3 is 12.1 Å². The van der Waals surface area contributed by atoms with Gasteiger partial charge in [0.1, 0.15) is 11.3 Å². The number of hydrogen-bond acceptors (Lipinski definition) is 5. The molecule has 0 bridgehead atoms. The smallest absolute Gasteiger partial charge is 0.475 e. The third kappa shape index (κ3) is 5.27. The number of nitrogens with zero attached hydrogens (tertiary/aromatic N) is 4. The summed E-state index contributed by atoms with van der Waals surface area (Å²) in [4.78, 5) is 34.2. The molecule has 154 valence electrons. The normalized spacial score (nSPS) is 11.0. The van der Waals surface area contributed by atoms with Crippen LogP contribution in [-0.4, -0.2) is 42.7 Å². The number of imidazole rings is 1. The Hall–Kier alpha value is -3.50. The van der Waals surface area contributed by atoms with Gasteiger partial charge in [0.25, 0.3) is 5.91 Å². The predicted molar refractivity (Wildman–Crippen MR) is 97.1 cm³/mol. The van der Waals surface area contributed by atoms with Gasteiger partial charge in [0.15, 0.2) is 0 Å². The molecule has 2 aromatic heterocycles. The fraction of sp³-hybridized carbons (Fsp3) is 0.278. The number of carbonyl (C=O) groups is 2. The lowest BCUT2D eigenvalue weighted by molar-refractivity contribution is -0.192. The summed E-state index contributed by atoms with van der Waals surface area (Å²) in [6, 6.07) is 5.40. The topological polar surface area (TPSA) is 110 Å². The maximum Gasteiger partial charge on any atom is 0.490 e. The van der Waals surface area contributed by atoms with Gasteiger partial charge in [-0.3, -0.25) is 14.8 Å². The van der Waals surface area contributed by atoms with E-state index >= 15 is 0 Å². The Balaban J connectivity index is 0.000000370. The summed E-state index contributed by atoms with van der Waals surface area (Å²) >= 11 is 0. The Morgan fingerprint density at radius 3 is 2.34 bits per heavy atom. The van der Waals surface area contributed by atoms with Crippen LogP contribution in [0.15, 0.2) is 30.6 Å². The molecule has 0 saturated heterocycles. The monoisotopic (exact) mass is 409 g/mol. The molecular formula is C18H18F3N5O3. The summed E-state index contributed by atoms with van der Waals surface area (Å²) in [7, 11) is 1.94. The lowest BCUT2D eigenvalue weighted by Crippen LogP contribution is -2.25. The second-order valence-corrected chi connectivity index (χ2v) is 5.97. The largest absolute Gasteiger partial charge is 0.490 e. The molecule has 1 aromatic carbocycles. The van der Waals surface area contributed by atoms with Gasteiger partial charge in [-0.05, 0) is 26.0 Å². The zero-order valence-electron chi connectivity index (χ0n) is 15.8. The molecule has 1 amide bonds. The maximum absolute atomic E-state index is 12.4. The number of rotatable bonds is 3. The number of aliphatic carboxylic acids is 1. The molecule has 0 aliphatic rings. The number of benzene rings is 1. The van der Waals surface area contributed by atoms with Crippen LogP contribution in [0, 0.1) is 13.8 Å². The highest BCUT2D eigenvalue weighted by Crippen LogP contribution is 2.14. The lowest BCUT2D eigenvalue weighted by Gasteiger charge is -2.07. The second-order valence-electron chi connectivity index (χ2n) is 5.97.